The number of halogens is 2. The molecule has 2 aliphatic rings. The zero-order valence-corrected chi connectivity index (χ0v) is 20.1. The molecule has 176 valence electrons. The van der Waals surface area contributed by atoms with Crippen LogP contribution in [0.5, 0.6) is 11.5 Å². The number of likely N-dealkylation sites (tertiary alicyclic amines) is 1. The molecule has 2 heterocycles. The highest BCUT2D eigenvalue weighted by molar-refractivity contribution is 6.47. The molecule has 1 N–H and O–H groups in total. The molecule has 1 saturated carbocycles. The predicted octanol–water partition coefficient (Wildman–Crippen LogP) is 5.67. The van der Waals surface area contributed by atoms with Crippen LogP contribution in [0.15, 0.2) is 28.2 Å². The van der Waals surface area contributed by atoms with Gasteiger partial charge in [-0.25, -0.2) is 0 Å². The van der Waals surface area contributed by atoms with Gasteiger partial charge >= 0.3 is 0 Å². The van der Waals surface area contributed by atoms with Gasteiger partial charge in [-0.05, 0) is 38.0 Å². The molecule has 0 bridgehead atoms. The third kappa shape index (κ3) is 3.97. The number of benzene rings is 1. The maximum absolute atomic E-state index is 13.3. The van der Waals surface area contributed by atoms with E-state index in [2.05, 4.69) is 0 Å². The Morgan fingerprint density at radius 2 is 1.76 bits per heavy atom. The summed E-state index contributed by atoms with van der Waals surface area (Å²) in [6.07, 6.45) is 4.59. The van der Waals surface area contributed by atoms with Crippen LogP contribution in [0.4, 0.5) is 0 Å². The van der Waals surface area contributed by atoms with E-state index in [1.807, 2.05) is 0 Å². The van der Waals surface area contributed by atoms with Gasteiger partial charge < -0.3 is 23.9 Å². The Labute approximate surface area is 201 Å². The second kappa shape index (κ2) is 9.31. The van der Waals surface area contributed by atoms with Crippen LogP contribution in [0.1, 0.15) is 55.2 Å². The number of carbonyl (C=O) groups is 2. The first-order valence-electron chi connectivity index (χ1n) is 10.8. The minimum absolute atomic E-state index is 0.0425. The van der Waals surface area contributed by atoms with E-state index in [1.165, 1.54) is 20.3 Å². The van der Waals surface area contributed by atoms with Gasteiger partial charge in [0.25, 0.3) is 11.7 Å². The Kier molecular flexibility index (Phi) is 6.64. The standard InChI is InChI=1S/C24H25Cl2NO6/c1-12-9-10-16(33-12)19-17(21(29)24(30)27(19)13-7-5-4-6-8-13)20(28)14-11-15(25)23(32-3)18(26)22(14)31-2/h9-11,13,19,28H,4-8H2,1-3H3/b20-17+. The monoisotopic (exact) mass is 493 g/mol. The van der Waals surface area contributed by atoms with Gasteiger partial charge in [-0.3, -0.25) is 9.59 Å². The normalized spacial score (nSPS) is 21.0. The van der Waals surface area contributed by atoms with Crippen molar-refractivity contribution >= 4 is 40.7 Å². The summed E-state index contributed by atoms with van der Waals surface area (Å²) in [4.78, 5) is 28.1. The smallest absolute Gasteiger partial charge is 0.296 e. The van der Waals surface area contributed by atoms with E-state index in [-0.39, 0.29) is 38.7 Å². The molecule has 2 fully saturated rings. The summed E-state index contributed by atoms with van der Waals surface area (Å²) in [5.74, 6) is -0.597. The molecule has 0 radical (unpaired) electrons. The predicted molar refractivity (Wildman–Crippen MR) is 124 cm³/mol. The minimum atomic E-state index is -0.869. The van der Waals surface area contributed by atoms with Gasteiger partial charge in [-0.2, -0.15) is 0 Å². The number of aryl methyl sites for hydroxylation is 1. The van der Waals surface area contributed by atoms with E-state index in [0.717, 1.165) is 32.1 Å². The maximum atomic E-state index is 13.3. The minimum Gasteiger partial charge on any atom is -0.507 e. The van der Waals surface area contributed by atoms with Crippen LogP contribution in [0.3, 0.4) is 0 Å². The Morgan fingerprint density at radius 1 is 1.09 bits per heavy atom. The Morgan fingerprint density at radius 3 is 2.33 bits per heavy atom. The second-order valence-electron chi connectivity index (χ2n) is 8.23. The largest absolute Gasteiger partial charge is 0.507 e. The number of furan rings is 1. The van der Waals surface area contributed by atoms with Gasteiger partial charge in [-0.15, -0.1) is 0 Å². The molecule has 1 saturated heterocycles. The molecule has 1 atom stereocenters. The van der Waals surface area contributed by atoms with Gasteiger partial charge in [-0.1, -0.05) is 42.5 Å². The van der Waals surface area contributed by atoms with Crippen LogP contribution < -0.4 is 9.47 Å². The molecule has 1 amide bonds. The van der Waals surface area contributed by atoms with Crippen molar-refractivity contribution in [1.29, 1.82) is 0 Å². The lowest BCUT2D eigenvalue weighted by Crippen LogP contribution is -2.40. The molecule has 7 nitrogen and oxygen atoms in total. The number of Topliss-reactive ketones (excluding diaryl/α,β-unsaturated/α-hetero) is 1. The number of methoxy groups -OCH3 is 2. The van der Waals surface area contributed by atoms with E-state index in [9.17, 15) is 14.7 Å². The van der Waals surface area contributed by atoms with E-state index < -0.39 is 23.5 Å². The van der Waals surface area contributed by atoms with Crippen molar-refractivity contribution in [3.63, 3.8) is 0 Å². The second-order valence-corrected chi connectivity index (χ2v) is 9.02. The Balaban J connectivity index is 1.94. The van der Waals surface area contributed by atoms with Crippen molar-refractivity contribution in [2.75, 3.05) is 14.2 Å². The van der Waals surface area contributed by atoms with Gasteiger partial charge in [0.15, 0.2) is 11.5 Å². The van der Waals surface area contributed by atoms with Crippen LogP contribution >= 0.6 is 23.2 Å². The number of ketones is 1. The Hall–Kier alpha value is -2.64. The molecule has 2 aromatic rings. The summed E-state index contributed by atoms with van der Waals surface area (Å²) in [5.41, 5.74) is -0.00116. The lowest BCUT2D eigenvalue weighted by atomic mass is 9.92. The number of aliphatic hydroxyl groups excluding tert-OH is 1. The molecule has 1 aliphatic heterocycles. The number of ether oxygens (including phenoxy) is 2. The van der Waals surface area contributed by atoms with Crippen molar-refractivity contribution in [2.24, 2.45) is 0 Å². The zero-order valence-electron chi connectivity index (χ0n) is 18.6. The number of aliphatic hydroxyl groups is 1. The summed E-state index contributed by atoms with van der Waals surface area (Å²) in [6, 6.07) is 3.89. The molecule has 4 rings (SSSR count). The summed E-state index contributed by atoms with van der Waals surface area (Å²) in [6.45, 7) is 1.78. The molecule has 0 spiro atoms. The average molecular weight is 494 g/mol. The summed E-state index contributed by atoms with van der Waals surface area (Å²) >= 11 is 12.7. The molecule has 9 heteroatoms. The third-order valence-electron chi connectivity index (χ3n) is 6.27. The van der Waals surface area contributed by atoms with Crippen LogP contribution in [0.25, 0.3) is 5.76 Å². The lowest BCUT2D eigenvalue weighted by Gasteiger charge is -2.34. The average Bonchev–Trinajstić information content (AvgIpc) is 3.34. The van der Waals surface area contributed by atoms with Crippen LogP contribution in [-0.4, -0.2) is 42.0 Å². The first-order chi connectivity index (χ1) is 15.8. The van der Waals surface area contributed by atoms with Crippen molar-refractivity contribution in [2.45, 2.75) is 51.1 Å². The summed E-state index contributed by atoms with van der Waals surface area (Å²) < 4.78 is 16.5. The molecular weight excluding hydrogens is 469 g/mol. The quantitative estimate of drug-likeness (QED) is 0.328. The molecule has 1 aromatic carbocycles. The van der Waals surface area contributed by atoms with Gasteiger partial charge in [0.2, 0.25) is 0 Å². The van der Waals surface area contributed by atoms with E-state index >= 15 is 0 Å². The molecular formula is C24H25Cl2NO6. The Bertz CT molecular complexity index is 1130. The molecule has 33 heavy (non-hydrogen) atoms. The number of nitrogens with zero attached hydrogens (tertiary/aromatic N) is 1. The number of rotatable bonds is 5. The van der Waals surface area contributed by atoms with Crippen molar-refractivity contribution in [3.05, 3.63) is 50.9 Å². The van der Waals surface area contributed by atoms with E-state index in [0.29, 0.717) is 11.5 Å². The number of hydrogen-bond donors (Lipinski definition) is 1. The SMILES string of the molecule is COc1c(Cl)cc(/C(O)=C2\C(=O)C(=O)N(C3CCCCC3)C2c2ccc(C)o2)c(OC)c1Cl. The highest BCUT2D eigenvalue weighted by Crippen LogP contribution is 2.48. The van der Waals surface area contributed by atoms with E-state index in [1.54, 1.807) is 24.0 Å². The summed E-state index contributed by atoms with van der Waals surface area (Å²) in [7, 11) is 2.78. The fourth-order valence-electron chi connectivity index (χ4n) is 4.76. The first-order valence-corrected chi connectivity index (χ1v) is 11.5. The fraction of sp³-hybridized carbons (Fsp3) is 0.417. The topological polar surface area (TPSA) is 89.2 Å². The maximum Gasteiger partial charge on any atom is 0.296 e. The fourth-order valence-corrected chi connectivity index (χ4v) is 5.44. The lowest BCUT2D eigenvalue weighted by molar-refractivity contribution is -0.142. The van der Waals surface area contributed by atoms with Gasteiger partial charge in [0, 0.05) is 6.04 Å². The third-order valence-corrected chi connectivity index (χ3v) is 6.90. The van der Waals surface area contributed by atoms with Gasteiger partial charge in [0.1, 0.15) is 28.3 Å². The van der Waals surface area contributed by atoms with Gasteiger partial charge in [0.05, 0.1) is 30.4 Å². The molecule has 1 unspecified atom stereocenters. The van der Waals surface area contributed by atoms with Crippen LogP contribution in [-0.2, 0) is 9.59 Å². The van der Waals surface area contributed by atoms with Crippen molar-refractivity contribution in [3.8, 4) is 11.5 Å². The zero-order chi connectivity index (χ0) is 23.9. The van der Waals surface area contributed by atoms with Crippen molar-refractivity contribution in [1.82, 2.24) is 4.90 Å². The summed E-state index contributed by atoms with van der Waals surface area (Å²) in [5, 5.41) is 11.6. The highest BCUT2D eigenvalue weighted by Gasteiger charge is 2.50. The van der Waals surface area contributed by atoms with Crippen LogP contribution in [0.2, 0.25) is 10.0 Å². The number of hydrogen-bond acceptors (Lipinski definition) is 6. The van der Waals surface area contributed by atoms with Crippen molar-refractivity contribution < 1.29 is 28.6 Å². The number of carbonyl (C=O) groups excluding carboxylic acids is 2. The molecule has 1 aromatic heterocycles. The number of amides is 1. The van der Waals surface area contributed by atoms with E-state index in [4.69, 9.17) is 37.1 Å². The van der Waals surface area contributed by atoms with Crippen LogP contribution in [0, 0.1) is 6.92 Å². The highest BCUT2D eigenvalue weighted by atomic mass is 35.5. The molecule has 1 aliphatic carbocycles. The first kappa shape index (κ1) is 23.5.